The summed E-state index contributed by atoms with van der Waals surface area (Å²) < 4.78 is 8.82. The number of aromatic nitrogens is 4. The van der Waals surface area contributed by atoms with E-state index in [0.717, 1.165) is 11.5 Å². The molecule has 0 fully saturated rings. The normalized spacial score (nSPS) is 10.8. The zero-order chi connectivity index (χ0) is 14.5. The first-order valence-corrected chi connectivity index (χ1v) is 6.39. The summed E-state index contributed by atoms with van der Waals surface area (Å²) in [5.74, 6) is 1.09. The van der Waals surface area contributed by atoms with Crippen LogP contribution >= 0.6 is 0 Å². The molecule has 0 aliphatic heterocycles. The van der Waals surface area contributed by atoms with Gasteiger partial charge in [0.1, 0.15) is 12.4 Å². The second-order valence-corrected chi connectivity index (χ2v) is 4.52. The Hall–Kier alpha value is -2.15. The van der Waals surface area contributed by atoms with E-state index in [2.05, 4.69) is 15.3 Å². The van der Waals surface area contributed by atoms with Crippen molar-refractivity contribution in [3.63, 3.8) is 0 Å². The van der Waals surface area contributed by atoms with E-state index in [0.29, 0.717) is 25.5 Å². The van der Waals surface area contributed by atoms with E-state index >= 15 is 0 Å². The van der Waals surface area contributed by atoms with Crippen LogP contribution in [0.5, 0.6) is 0 Å². The molecule has 0 aliphatic rings. The van der Waals surface area contributed by atoms with Gasteiger partial charge in [0.2, 0.25) is 0 Å². The molecule has 1 N–H and O–H groups in total. The van der Waals surface area contributed by atoms with Gasteiger partial charge in [-0.15, -0.1) is 0 Å². The summed E-state index contributed by atoms with van der Waals surface area (Å²) in [4.78, 5) is 20.2. The molecule has 7 heteroatoms. The second kappa shape index (κ2) is 6.33. The average molecular weight is 277 g/mol. The molecule has 0 bridgehead atoms. The van der Waals surface area contributed by atoms with Gasteiger partial charge in [-0.25, -0.2) is 9.97 Å². The minimum Gasteiger partial charge on any atom is -0.377 e. The summed E-state index contributed by atoms with van der Waals surface area (Å²) in [5, 5.41) is 2.85. The van der Waals surface area contributed by atoms with Crippen LogP contribution in [0.1, 0.15) is 22.1 Å². The number of hydrogen-bond donors (Lipinski definition) is 1. The lowest BCUT2D eigenvalue weighted by atomic mass is 10.4. The van der Waals surface area contributed by atoms with Crippen molar-refractivity contribution in [3.05, 3.63) is 35.9 Å². The predicted molar refractivity (Wildman–Crippen MR) is 73.2 cm³/mol. The smallest absolute Gasteiger partial charge is 0.287 e. The Morgan fingerprint density at radius 2 is 2.25 bits per heavy atom. The number of carbonyl (C=O) groups is 1. The highest BCUT2D eigenvalue weighted by Gasteiger charge is 2.11. The van der Waals surface area contributed by atoms with Crippen LogP contribution in [0, 0.1) is 6.92 Å². The Morgan fingerprint density at radius 3 is 2.90 bits per heavy atom. The molecule has 0 atom stereocenters. The third-order valence-electron chi connectivity index (χ3n) is 3.06. The van der Waals surface area contributed by atoms with Gasteiger partial charge in [-0.2, -0.15) is 0 Å². The van der Waals surface area contributed by atoms with E-state index in [1.807, 2.05) is 11.5 Å². The highest BCUT2D eigenvalue weighted by Crippen LogP contribution is 2.05. The molecule has 2 rings (SSSR count). The molecule has 2 aromatic rings. The van der Waals surface area contributed by atoms with Crippen LogP contribution in [0.4, 0.5) is 0 Å². The molecule has 0 unspecified atom stereocenters. The van der Waals surface area contributed by atoms with Crippen molar-refractivity contribution in [3.8, 4) is 0 Å². The van der Waals surface area contributed by atoms with Crippen LogP contribution in [-0.4, -0.2) is 38.7 Å². The third kappa shape index (κ3) is 3.05. The Balaban J connectivity index is 1.92. The Labute approximate surface area is 117 Å². The number of nitrogens with zero attached hydrogens (tertiary/aromatic N) is 4. The van der Waals surface area contributed by atoms with Crippen molar-refractivity contribution in [1.82, 2.24) is 24.4 Å². The van der Waals surface area contributed by atoms with Crippen LogP contribution in [0.25, 0.3) is 0 Å². The van der Waals surface area contributed by atoms with Crippen LogP contribution in [-0.2, 0) is 24.9 Å². The number of amides is 1. The zero-order valence-corrected chi connectivity index (χ0v) is 12.0. The standard InChI is InChI=1S/C13H19N5O2/c1-10-8-16-11(9-20-3)18(10)7-5-15-13(19)12-14-4-6-17(12)2/h4,6,8H,5,7,9H2,1-3H3,(H,15,19). The predicted octanol–water partition coefficient (Wildman–Crippen LogP) is 0.501. The number of carbonyl (C=O) groups excluding carboxylic acids is 1. The Bertz CT molecular complexity index is 587. The number of hydrogen-bond acceptors (Lipinski definition) is 4. The first-order valence-electron chi connectivity index (χ1n) is 6.39. The molecule has 0 saturated heterocycles. The van der Waals surface area contributed by atoms with Gasteiger partial charge in [-0.05, 0) is 6.92 Å². The molecule has 0 saturated carbocycles. The fourth-order valence-electron chi connectivity index (χ4n) is 2.01. The minimum atomic E-state index is -0.177. The summed E-state index contributed by atoms with van der Waals surface area (Å²) in [7, 11) is 3.43. The molecule has 2 aromatic heterocycles. The summed E-state index contributed by atoms with van der Waals surface area (Å²) in [5.41, 5.74) is 1.04. The molecule has 1 amide bonds. The van der Waals surface area contributed by atoms with E-state index in [1.165, 1.54) is 0 Å². The topological polar surface area (TPSA) is 74.0 Å². The maximum absolute atomic E-state index is 11.9. The van der Waals surface area contributed by atoms with Gasteiger partial charge >= 0.3 is 0 Å². The fourth-order valence-corrected chi connectivity index (χ4v) is 2.01. The molecule has 0 radical (unpaired) electrons. The fraction of sp³-hybridized carbons (Fsp3) is 0.462. The highest BCUT2D eigenvalue weighted by atomic mass is 16.5. The summed E-state index contributed by atoms with van der Waals surface area (Å²) in [6, 6.07) is 0. The van der Waals surface area contributed by atoms with E-state index in [4.69, 9.17) is 4.74 Å². The largest absolute Gasteiger partial charge is 0.377 e. The molecule has 7 nitrogen and oxygen atoms in total. The van der Waals surface area contributed by atoms with Crippen molar-refractivity contribution < 1.29 is 9.53 Å². The van der Waals surface area contributed by atoms with Gasteiger partial charge < -0.3 is 19.2 Å². The number of imidazole rings is 2. The molecular formula is C13H19N5O2. The number of aryl methyl sites for hydroxylation is 2. The van der Waals surface area contributed by atoms with Gasteiger partial charge in [-0.3, -0.25) is 4.79 Å². The Kier molecular flexibility index (Phi) is 4.52. The molecular weight excluding hydrogens is 258 g/mol. The van der Waals surface area contributed by atoms with Crippen LogP contribution in [0.3, 0.4) is 0 Å². The lowest BCUT2D eigenvalue weighted by Crippen LogP contribution is -2.30. The summed E-state index contributed by atoms with van der Waals surface area (Å²) in [6.07, 6.45) is 5.15. The number of methoxy groups -OCH3 is 1. The van der Waals surface area contributed by atoms with Crippen molar-refractivity contribution in [2.24, 2.45) is 7.05 Å². The van der Waals surface area contributed by atoms with Crippen molar-refractivity contribution >= 4 is 5.91 Å². The van der Waals surface area contributed by atoms with Crippen LogP contribution in [0.15, 0.2) is 18.6 Å². The SMILES string of the molecule is COCc1ncc(C)n1CCNC(=O)c1nccn1C. The van der Waals surface area contributed by atoms with Gasteiger partial charge in [0, 0.05) is 51.5 Å². The van der Waals surface area contributed by atoms with Crippen molar-refractivity contribution in [2.45, 2.75) is 20.1 Å². The second-order valence-electron chi connectivity index (χ2n) is 4.52. The monoisotopic (exact) mass is 277 g/mol. The van der Waals surface area contributed by atoms with Crippen LogP contribution < -0.4 is 5.32 Å². The molecule has 20 heavy (non-hydrogen) atoms. The maximum Gasteiger partial charge on any atom is 0.287 e. The van der Waals surface area contributed by atoms with Crippen molar-refractivity contribution in [1.29, 1.82) is 0 Å². The number of nitrogens with one attached hydrogen (secondary N) is 1. The van der Waals surface area contributed by atoms with E-state index in [-0.39, 0.29) is 5.91 Å². The molecule has 0 spiro atoms. The van der Waals surface area contributed by atoms with Gasteiger partial charge in [0.25, 0.3) is 5.91 Å². The summed E-state index contributed by atoms with van der Waals surface area (Å²) >= 11 is 0. The van der Waals surface area contributed by atoms with Gasteiger partial charge in [0.05, 0.1) is 0 Å². The van der Waals surface area contributed by atoms with Gasteiger partial charge in [-0.1, -0.05) is 0 Å². The van der Waals surface area contributed by atoms with E-state index in [1.54, 1.807) is 37.3 Å². The van der Waals surface area contributed by atoms with E-state index in [9.17, 15) is 4.79 Å². The Morgan fingerprint density at radius 1 is 1.45 bits per heavy atom. The average Bonchev–Trinajstić information content (AvgIpc) is 2.99. The number of ether oxygens (including phenoxy) is 1. The lowest BCUT2D eigenvalue weighted by molar-refractivity contribution is 0.0938. The quantitative estimate of drug-likeness (QED) is 0.834. The van der Waals surface area contributed by atoms with Crippen LogP contribution in [0.2, 0.25) is 0 Å². The minimum absolute atomic E-state index is 0.177. The highest BCUT2D eigenvalue weighted by molar-refractivity contribution is 5.90. The molecule has 0 aromatic carbocycles. The lowest BCUT2D eigenvalue weighted by Gasteiger charge is -2.10. The van der Waals surface area contributed by atoms with Crippen molar-refractivity contribution in [2.75, 3.05) is 13.7 Å². The molecule has 2 heterocycles. The molecule has 108 valence electrons. The number of rotatable bonds is 6. The van der Waals surface area contributed by atoms with Gasteiger partial charge in [0.15, 0.2) is 5.82 Å². The zero-order valence-electron chi connectivity index (χ0n) is 12.0. The molecule has 0 aliphatic carbocycles. The maximum atomic E-state index is 11.9. The summed E-state index contributed by atoms with van der Waals surface area (Å²) in [6.45, 7) is 3.61. The third-order valence-corrected chi connectivity index (χ3v) is 3.06. The first-order chi connectivity index (χ1) is 9.63. The van der Waals surface area contributed by atoms with E-state index < -0.39 is 0 Å². The first kappa shape index (κ1) is 14.3.